The molecule has 2 N–H and O–H groups in total. The summed E-state index contributed by atoms with van der Waals surface area (Å²) >= 11 is 1.31. The predicted molar refractivity (Wildman–Crippen MR) is 50.6 cm³/mol. The number of nitrogens with two attached hydrogens (primary N) is 1. The van der Waals surface area contributed by atoms with Crippen molar-refractivity contribution in [3.63, 3.8) is 0 Å². The van der Waals surface area contributed by atoms with Gasteiger partial charge in [-0.25, -0.2) is 0 Å². The SMILES string of the molecule is COc1ccc2nsc(N)c2c1. The third-order valence-corrected chi connectivity index (χ3v) is 2.42. The minimum absolute atomic E-state index is 0.740. The largest absolute Gasteiger partial charge is 0.497 e. The van der Waals surface area contributed by atoms with Crippen LogP contribution in [0.4, 0.5) is 5.00 Å². The van der Waals surface area contributed by atoms with Gasteiger partial charge in [0.15, 0.2) is 0 Å². The Labute approximate surface area is 73.9 Å². The number of benzene rings is 1. The molecule has 62 valence electrons. The molecule has 0 fully saturated rings. The molecule has 1 aromatic carbocycles. The van der Waals surface area contributed by atoms with Crippen LogP contribution in [0.1, 0.15) is 0 Å². The number of nitrogens with zero attached hydrogens (tertiary/aromatic N) is 1. The molecule has 0 aliphatic rings. The highest BCUT2D eigenvalue weighted by Gasteiger charge is 2.02. The molecule has 4 heteroatoms. The molecule has 0 atom stereocenters. The summed E-state index contributed by atoms with van der Waals surface area (Å²) in [6.45, 7) is 0. The number of hydrogen-bond acceptors (Lipinski definition) is 4. The molecule has 0 saturated heterocycles. The normalized spacial score (nSPS) is 10.4. The molecule has 0 bridgehead atoms. The van der Waals surface area contributed by atoms with Crippen LogP contribution in [0.2, 0.25) is 0 Å². The number of hydrogen-bond donors (Lipinski definition) is 1. The van der Waals surface area contributed by atoms with Crippen LogP contribution in [0.15, 0.2) is 18.2 Å². The molecule has 0 amide bonds. The predicted octanol–water partition coefficient (Wildman–Crippen LogP) is 1.89. The fourth-order valence-electron chi connectivity index (χ4n) is 1.07. The molecule has 1 aromatic heterocycles. The second-order valence-corrected chi connectivity index (χ2v) is 3.23. The van der Waals surface area contributed by atoms with Crippen LogP contribution in [-0.4, -0.2) is 11.5 Å². The highest BCUT2D eigenvalue weighted by Crippen LogP contribution is 2.27. The topological polar surface area (TPSA) is 48.1 Å². The highest BCUT2D eigenvalue weighted by atomic mass is 32.1. The van der Waals surface area contributed by atoms with Gasteiger partial charge in [-0.1, -0.05) is 0 Å². The Hall–Kier alpha value is -1.29. The minimum atomic E-state index is 0.740. The molecule has 1 heterocycles. The molecule has 12 heavy (non-hydrogen) atoms. The van der Waals surface area contributed by atoms with Gasteiger partial charge in [-0.2, -0.15) is 4.37 Å². The zero-order valence-corrected chi connectivity index (χ0v) is 7.39. The maximum atomic E-state index is 5.70. The van der Waals surface area contributed by atoms with Gasteiger partial charge in [0.25, 0.3) is 0 Å². The van der Waals surface area contributed by atoms with E-state index in [9.17, 15) is 0 Å². The van der Waals surface area contributed by atoms with E-state index in [1.807, 2.05) is 18.2 Å². The van der Waals surface area contributed by atoms with E-state index in [4.69, 9.17) is 10.5 Å². The lowest BCUT2D eigenvalue weighted by atomic mass is 10.2. The molecule has 0 saturated carbocycles. The summed E-state index contributed by atoms with van der Waals surface area (Å²) in [4.78, 5) is 0. The van der Waals surface area contributed by atoms with Crippen LogP contribution in [0.3, 0.4) is 0 Å². The Kier molecular flexibility index (Phi) is 1.62. The third-order valence-electron chi connectivity index (χ3n) is 1.71. The van der Waals surface area contributed by atoms with Crippen molar-refractivity contribution in [3.05, 3.63) is 18.2 Å². The van der Waals surface area contributed by atoms with E-state index in [2.05, 4.69) is 4.37 Å². The second kappa shape index (κ2) is 2.64. The number of aromatic nitrogens is 1. The van der Waals surface area contributed by atoms with E-state index < -0.39 is 0 Å². The Morgan fingerprint density at radius 2 is 2.33 bits per heavy atom. The molecule has 3 nitrogen and oxygen atoms in total. The quantitative estimate of drug-likeness (QED) is 0.729. The van der Waals surface area contributed by atoms with E-state index >= 15 is 0 Å². The van der Waals surface area contributed by atoms with Crippen molar-refractivity contribution in [1.82, 2.24) is 4.37 Å². The first kappa shape index (κ1) is 7.36. The fraction of sp³-hybridized carbons (Fsp3) is 0.125. The van der Waals surface area contributed by atoms with Crippen molar-refractivity contribution < 1.29 is 4.74 Å². The Balaban J connectivity index is 2.71. The molecular formula is C8H8N2OS. The summed E-state index contributed by atoms with van der Waals surface area (Å²) in [6.07, 6.45) is 0. The Morgan fingerprint density at radius 1 is 1.50 bits per heavy atom. The van der Waals surface area contributed by atoms with E-state index in [1.165, 1.54) is 11.5 Å². The minimum Gasteiger partial charge on any atom is -0.497 e. The van der Waals surface area contributed by atoms with Crippen molar-refractivity contribution in [2.45, 2.75) is 0 Å². The average molecular weight is 180 g/mol. The van der Waals surface area contributed by atoms with E-state index in [1.54, 1.807) is 7.11 Å². The van der Waals surface area contributed by atoms with Crippen LogP contribution in [0.25, 0.3) is 10.9 Å². The number of nitrogen functional groups attached to an aromatic ring is 1. The highest BCUT2D eigenvalue weighted by molar-refractivity contribution is 7.11. The lowest BCUT2D eigenvalue weighted by molar-refractivity contribution is 0.415. The number of anilines is 1. The van der Waals surface area contributed by atoms with Crippen molar-refractivity contribution >= 4 is 27.4 Å². The Morgan fingerprint density at radius 3 is 3.08 bits per heavy atom. The molecule has 0 aliphatic carbocycles. The van der Waals surface area contributed by atoms with Crippen LogP contribution in [0, 0.1) is 0 Å². The number of ether oxygens (including phenoxy) is 1. The number of methoxy groups -OCH3 is 1. The van der Waals surface area contributed by atoms with Gasteiger partial charge in [0.05, 0.1) is 12.6 Å². The number of fused-ring (bicyclic) bond motifs is 1. The molecule has 0 spiro atoms. The van der Waals surface area contributed by atoms with E-state index in [-0.39, 0.29) is 0 Å². The van der Waals surface area contributed by atoms with Crippen molar-refractivity contribution in [2.24, 2.45) is 0 Å². The van der Waals surface area contributed by atoms with Gasteiger partial charge in [0.1, 0.15) is 10.8 Å². The molecule has 0 radical (unpaired) electrons. The first-order valence-corrected chi connectivity index (χ1v) is 4.27. The van der Waals surface area contributed by atoms with Gasteiger partial charge < -0.3 is 10.5 Å². The van der Waals surface area contributed by atoms with Gasteiger partial charge in [-0.15, -0.1) is 0 Å². The number of rotatable bonds is 1. The lowest BCUT2D eigenvalue weighted by Gasteiger charge is -1.97. The van der Waals surface area contributed by atoms with Crippen molar-refractivity contribution in [2.75, 3.05) is 12.8 Å². The van der Waals surface area contributed by atoms with Gasteiger partial charge in [0, 0.05) is 5.39 Å². The summed E-state index contributed by atoms with van der Waals surface area (Å²) in [5.74, 6) is 0.814. The monoisotopic (exact) mass is 180 g/mol. The summed E-state index contributed by atoms with van der Waals surface area (Å²) in [5.41, 5.74) is 6.63. The molecular weight excluding hydrogens is 172 g/mol. The standard InChI is InChI=1S/C8H8N2OS/c1-11-5-2-3-7-6(4-5)8(9)12-10-7/h2-4H,9H2,1H3. The zero-order valence-electron chi connectivity index (χ0n) is 6.57. The van der Waals surface area contributed by atoms with E-state index in [0.29, 0.717) is 0 Å². The van der Waals surface area contributed by atoms with Crippen LogP contribution < -0.4 is 10.5 Å². The van der Waals surface area contributed by atoms with Gasteiger partial charge >= 0.3 is 0 Å². The van der Waals surface area contributed by atoms with Crippen molar-refractivity contribution in [1.29, 1.82) is 0 Å². The summed E-state index contributed by atoms with van der Waals surface area (Å²) in [6, 6.07) is 5.68. The third kappa shape index (κ3) is 1.00. The maximum absolute atomic E-state index is 5.70. The fourth-order valence-corrected chi connectivity index (χ4v) is 1.68. The molecule has 0 unspecified atom stereocenters. The summed E-state index contributed by atoms with van der Waals surface area (Å²) < 4.78 is 9.22. The first-order valence-electron chi connectivity index (χ1n) is 3.50. The smallest absolute Gasteiger partial charge is 0.119 e. The second-order valence-electron chi connectivity index (χ2n) is 2.43. The first-order chi connectivity index (χ1) is 5.81. The lowest BCUT2D eigenvalue weighted by Crippen LogP contribution is -1.83. The average Bonchev–Trinajstić information content (AvgIpc) is 2.47. The molecule has 2 aromatic rings. The van der Waals surface area contributed by atoms with Crippen LogP contribution in [0.5, 0.6) is 5.75 Å². The maximum Gasteiger partial charge on any atom is 0.119 e. The molecule has 0 aliphatic heterocycles. The van der Waals surface area contributed by atoms with Crippen LogP contribution in [-0.2, 0) is 0 Å². The van der Waals surface area contributed by atoms with Gasteiger partial charge in [-0.05, 0) is 29.7 Å². The van der Waals surface area contributed by atoms with Gasteiger partial charge in [0.2, 0.25) is 0 Å². The summed E-state index contributed by atoms with van der Waals surface area (Å²) in [5, 5.41) is 1.71. The van der Waals surface area contributed by atoms with Crippen molar-refractivity contribution in [3.8, 4) is 5.75 Å². The van der Waals surface area contributed by atoms with Gasteiger partial charge in [-0.3, -0.25) is 0 Å². The Bertz CT molecular complexity index is 410. The van der Waals surface area contributed by atoms with E-state index in [0.717, 1.165) is 21.7 Å². The summed E-state index contributed by atoms with van der Waals surface area (Å²) in [7, 11) is 1.64. The molecule has 2 rings (SSSR count). The zero-order chi connectivity index (χ0) is 8.55. The van der Waals surface area contributed by atoms with Crippen LogP contribution >= 0.6 is 11.5 Å².